The van der Waals surface area contributed by atoms with Crippen LogP contribution in [0.15, 0.2) is 22.7 Å². The van der Waals surface area contributed by atoms with Crippen molar-refractivity contribution >= 4 is 31.9 Å². The Bertz CT molecular complexity index is 602. The molecule has 0 N–H and O–H groups in total. The van der Waals surface area contributed by atoms with E-state index in [-0.39, 0.29) is 11.4 Å². The molecule has 6 heteroatoms. The van der Waals surface area contributed by atoms with Crippen molar-refractivity contribution in [2.45, 2.75) is 31.6 Å². The molecule has 0 atom stereocenters. The van der Waals surface area contributed by atoms with Gasteiger partial charge in [-0.2, -0.15) is 0 Å². The van der Waals surface area contributed by atoms with Crippen LogP contribution in [0, 0.1) is 5.82 Å². The van der Waals surface area contributed by atoms with E-state index in [1.54, 1.807) is 12.1 Å². The molecule has 102 valence electrons. The number of alkyl halides is 1. The number of hydrogen-bond donors (Lipinski definition) is 0. The Balaban J connectivity index is 2.69. The Morgan fingerprint density at radius 1 is 1.26 bits per heavy atom. The molecule has 1 aromatic carbocycles. The number of rotatable bonds is 2. The van der Waals surface area contributed by atoms with Gasteiger partial charge in [-0.1, -0.05) is 31.9 Å². The third-order valence-corrected chi connectivity index (χ3v) is 3.68. The highest BCUT2D eigenvalue weighted by atomic mass is 79.9. The van der Waals surface area contributed by atoms with Gasteiger partial charge >= 0.3 is 0 Å². The summed E-state index contributed by atoms with van der Waals surface area (Å²) >= 11 is 6.75. The largest absolute Gasteiger partial charge is 0.305 e. The lowest BCUT2D eigenvalue weighted by Gasteiger charge is -2.24. The van der Waals surface area contributed by atoms with E-state index in [2.05, 4.69) is 42.1 Å². The van der Waals surface area contributed by atoms with Gasteiger partial charge in [0.15, 0.2) is 5.82 Å². The molecule has 19 heavy (non-hydrogen) atoms. The lowest BCUT2D eigenvalue weighted by Crippen LogP contribution is -2.25. The summed E-state index contributed by atoms with van der Waals surface area (Å²) in [6.07, 6.45) is 0. The fourth-order valence-corrected chi connectivity index (χ4v) is 2.68. The minimum absolute atomic E-state index is 0.226. The molecule has 2 aromatic rings. The molecular weight excluding hydrogens is 377 g/mol. The fourth-order valence-electron chi connectivity index (χ4n) is 1.95. The third-order valence-electron chi connectivity index (χ3n) is 2.69. The van der Waals surface area contributed by atoms with Crippen molar-refractivity contribution in [2.75, 3.05) is 0 Å². The van der Waals surface area contributed by atoms with Crippen molar-refractivity contribution in [1.29, 1.82) is 0 Å². The number of benzene rings is 1. The lowest BCUT2D eigenvalue weighted by molar-refractivity contribution is 0.390. The van der Waals surface area contributed by atoms with Gasteiger partial charge in [0.25, 0.3) is 0 Å². The smallest absolute Gasteiger partial charge is 0.167 e. The first-order valence-electron chi connectivity index (χ1n) is 5.80. The van der Waals surface area contributed by atoms with Crippen LogP contribution >= 0.6 is 31.9 Å². The fraction of sp³-hybridized carbons (Fsp3) is 0.385. The zero-order valence-electron chi connectivity index (χ0n) is 10.9. The number of hydrogen-bond acceptors (Lipinski definition) is 2. The molecular formula is C13H14Br2FN3. The molecule has 0 bridgehead atoms. The van der Waals surface area contributed by atoms with Crippen LogP contribution in [0.4, 0.5) is 4.39 Å². The van der Waals surface area contributed by atoms with E-state index in [4.69, 9.17) is 0 Å². The zero-order chi connectivity index (χ0) is 14.2. The van der Waals surface area contributed by atoms with Gasteiger partial charge in [0.2, 0.25) is 0 Å². The first-order valence-corrected chi connectivity index (χ1v) is 7.72. The molecule has 1 heterocycles. The monoisotopic (exact) mass is 389 g/mol. The minimum Gasteiger partial charge on any atom is -0.305 e. The summed E-state index contributed by atoms with van der Waals surface area (Å²) in [6, 6.07) is 4.82. The van der Waals surface area contributed by atoms with Gasteiger partial charge in [0.05, 0.1) is 10.9 Å². The summed E-state index contributed by atoms with van der Waals surface area (Å²) in [5, 5.41) is 8.86. The molecule has 0 unspecified atom stereocenters. The second kappa shape index (κ2) is 5.32. The highest BCUT2D eigenvalue weighted by Crippen LogP contribution is 2.30. The Morgan fingerprint density at radius 3 is 2.53 bits per heavy atom. The van der Waals surface area contributed by atoms with Gasteiger partial charge in [0, 0.05) is 10.0 Å². The van der Waals surface area contributed by atoms with Gasteiger partial charge in [-0.15, -0.1) is 10.2 Å². The molecule has 1 aromatic heterocycles. The molecule has 0 radical (unpaired) electrons. The lowest BCUT2D eigenvalue weighted by atomic mass is 10.1. The average Bonchev–Trinajstić information content (AvgIpc) is 2.75. The van der Waals surface area contributed by atoms with Crippen LogP contribution in [0.1, 0.15) is 26.6 Å². The van der Waals surface area contributed by atoms with Gasteiger partial charge in [-0.3, -0.25) is 0 Å². The van der Waals surface area contributed by atoms with E-state index in [0.29, 0.717) is 16.7 Å². The maximum atomic E-state index is 14.0. The van der Waals surface area contributed by atoms with E-state index in [0.717, 1.165) is 10.3 Å². The molecule has 0 spiro atoms. The van der Waals surface area contributed by atoms with Crippen molar-refractivity contribution in [3.8, 4) is 11.4 Å². The molecule has 0 aliphatic carbocycles. The Labute approximate surface area is 128 Å². The topological polar surface area (TPSA) is 30.7 Å². The van der Waals surface area contributed by atoms with Gasteiger partial charge in [-0.05, 0) is 39.0 Å². The predicted octanol–water partition coefficient (Wildman–Crippen LogP) is 4.50. The second-order valence-electron chi connectivity index (χ2n) is 5.20. The van der Waals surface area contributed by atoms with Crippen LogP contribution in [0.3, 0.4) is 0 Å². The predicted molar refractivity (Wildman–Crippen MR) is 80.7 cm³/mol. The highest BCUT2D eigenvalue weighted by molar-refractivity contribution is 9.10. The van der Waals surface area contributed by atoms with Gasteiger partial charge in [0.1, 0.15) is 11.6 Å². The van der Waals surface area contributed by atoms with Crippen LogP contribution in [0.2, 0.25) is 0 Å². The van der Waals surface area contributed by atoms with Crippen LogP contribution in [0.25, 0.3) is 11.4 Å². The van der Waals surface area contributed by atoms with E-state index in [1.165, 1.54) is 6.07 Å². The summed E-state index contributed by atoms with van der Waals surface area (Å²) in [6.45, 7) is 6.13. The highest BCUT2D eigenvalue weighted by Gasteiger charge is 2.24. The van der Waals surface area contributed by atoms with Crippen molar-refractivity contribution < 1.29 is 4.39 Å². The normalized spacial score (nSPS) is 11.9. The van der Waals surface area contributed by atoms with E-state index in [9.17, 15) is 4.39 Å². The second-order valence-corrected chi connectivity index (χ2v) is 6.68. The first-order chi connectivity index (χ1) is 8.84. The van der Waals surface area contributed by atoms with Crippen LogP contribution in [-0.4, -0.2) is 14.8 Å². The molecule has 0 saturated heterocycles. The Morgan fingerprint density at radius 2 is 1.95 bits per heavy atom. The van der Waals surface area contributed by atoms with Crippen LogP contribution in [0.5, 0.6) is 0 Å². The SMILES string of the molecule is CC(C)(C)n1c(CBr)nnc1-c1cc(Br)ccc1F. The Hall–Kier alpha value is -0.750. The Kier molecular flexibility index (Phi) is 4.11. The number of nitrogens with zero attached hydrogens (tertiary/aromatic N) is 3. The van der Waals surface area contributed by atoms with Crippen molar-refractivity contribution in [1.82, 2.24) is 14.8 Å². The van der Waals surface area contributed by atoms with Gasteiger partial charge < -0.3 is 4.57 Å². The molecule has 0 saturated carbocycles. The summed E-state index contributed by atoms with van der Waals surface area (Å²) in [5.41, 5.74) is 0.223. The van der Waals surface area contributed by atoms with E-state index in [1.807, 2.05) is 25.3 Å². The van der Waals surface area contributed by atoms with E-state index < -0.39 is 0 Å². The van der Waals surface area contributed by atoms with E-state index >= 15 is 0 Å². The maximum absolute atomic E-state index is 14.0. The van der Waals surface area contributed by atoms with Crippen LogP contribution in [-0.2, 0) is 10.9 Å². The molecule has 0 fully saturated rings. The summed E-state index contributed by atoms with van der Waals surface area (Å²) < 4.78 is 16.8. The quantitative estimate of drug-likeness (QED) is 0.707. The average molecular weight is 391 g/mol. The summed E-state index contributed by atoms with van der Waals surface area (Å²) in [4.78, 5) is 0. The van der Waals surface area contributed by atoms with Gasteiger partial charge in [-0.25, -0.2) is 4.39 Å². The molecule has 0 aliphatic rings. The first kappa shape index (κ1) is 14.7. The number of aromatic nitrogens is 3. The summed E-state index contributed by atoms with van der Waals surface area (Å²) in [7, 11) is 0. The number of halogens is 3. The minimum atomic E-state index is -0.303. The van der Waals surface area contributed by atoms with Crippen molar-refractivity contribution in [3.63, 3.8) is 0 Å². The van der Waals surface area contributed by atoms with Crippen molar-refractivity contribution in [3.05, 3.63) is 34.3 Å². The van der Waals surface area contributed by atoms with Crippen LogP contribution < -0.4 is 0 Å². The third kappa shape index (κ3) is 2.89. The maximum Gasteiger partial charge on any atom is 0.167 e. The zero-order valence-corrected chi connectivity index (χ0v) is 14.1. The molecule has 2 rings (SSSR count). The molecule has 0 aliphatic heterocycles. The molecule has 3 nitrogen and oxygen atoms in total. The summed E-state index contributed by atoms with van der Waals surface area (Å²) in [5.74, 6) is 1.02. The van der Waals surface area contributed by atoms with Crippen molar-refractivity contribution in [2.24, 2.45) is 0 Å². The molecule has 0 amide bonds. The standard InChI is InChI=1S/C13H14Br2FN3/c1-13(2,3)19-11(7-14)17-18-12(19)9-6-8(15)4-5-10(9)16/h4-6H,7H2,1-3H3.